The minimum Gasteiger partial charge on any atom is -0.457 e. The third-order valence-corrected chi connectivity index (χ3v) is 12.9. The highest BCUT2D eigenvalue weighted by molar-refractivity contribution is 6.74. The summed E-state index contributed by atoms with van der Waals surface area (Å²) in [6, 6.07) is 18.3. The molecule has 2 N–H and O–H groups in total. The molecule has 2 atom stereocenters. The van der Waals surface area contributed by atoms with Gasteiger partial charge in [-0.1, -0.05) is 45.5 Å². The third kappa shape index (κ3) is 5.64. The fourth-order valence-corrected chi connectivity index (χ4v) is 6.63. The maximum atomic E-state index is 14.3. The summed E-state index contributed by atoms with van der Waals surface area (Å²) in [5.74, 6) is 1.43. The van der Waals surface area contributed by atoms with Crippen molar-refractivity contribution in [2.24, 2.45) is 0 Å². The van der Waals surface area contributed by atoms with Gasteiger partial charge in [0.25, 0.3) is 0 Å². The van der Waals surface area contributed by atoms with Crippen molar-refractivity contribution in [1.29, 1.82) is 0 Å². The summed E-state index contributed by atoms with van der Waals surface area (Å²) in [5.41, 5.74) is 7.94. The number of piperidine rings is 1. The van der Waals surface area contributed by atoms with E-state index in [9.17, 15) is 9.59 Å². The topological polar surface area (TPSA) is 105 Å². The van der Waals surface area contributed by atoms with Gasteiger partial charge in [0, 0.05) is 19.3 Å². The molecule has 0 radical (unpaired) electrons. The fraction of sp³-hybridized carbons (Fsp3) is 0.344. The second-order valence-corrected chi connectivity index (χ2v) is 17.1. The zero-order valence-electron chi connectivity index (χ0n) is 24.9. The molecule has 220 valence electrons. The lowest BCUT2D eigenvalue weighted by Gasteiger charge is -2.44. The SMILES string of the molecule is C=CC(=O)N1C[C@H](O[Si](C)(C)C(C)(C)C)C[C@H](n2c(=O)n(-c3ccc(Oc4ccccc4)cc3)c3c(N)nccc32)C1. The molecule has 1 aliphatic heterocycles. The normalized spacial score (nSPS) is 17.8. The number of carbonyl (C=O) groups is 1. The van der Waals surface area contributed by atoms with E-state index < -0.39 is 8.32 Å². The zero-order valence-corrected chi connectivity index (χ0v) is 25.9. The van der Waals surface area contributed by atoms with Crippen molar-refractivity contribution >= 4 is 31.1 Å². The van der Waals surface area contributed by atoms with E-state index in [0.29, 0.717) is 42.0 Å². The molecule has 4 aromatic rings. The molecule has 42 heavy (non-hydrogen) atoms. The van der Waals surface area contributed by atoms with E-state index in [1.54, 1.807) is 26.3 Å². The first kappa shape index (κ1) is 29.3. The number of pyridine rings is 1. The zero-order chi connectivity index (χ0) is 30.2. The summed E-state index contributed by atoms with van der Waals surface area (Å²) >= 11 is 0. The van der Waals surface area contributed by atoms with Gasteiger partial charge in [0.1, 0.15) is 22.8 Å². The van der Waals surface area contributed by atoms with Gasteiger partial charge in [-0.05, 0) is 73.1 Å². The number of aromatic nitrogens is 3. The van der Waals surface area contributed by atoms with Crippen LogP contribution in [0.15, 0.2) is 84.3 Å². The largest absolute Gasteiger partial charge is 0.457 e. The molecular formula is C32H39N5O4Si. The number of rotatable bonds is 7. The summed E-state index contributed by atoms with van der Waals surface area (Å²) in [6.07, 6.45) is 3.28. The summed E-state index contributed by atoms with van der Waals surface area (Å²) in [5, 5.41) is -0.00338. The van der Waals surface area contributed by atoms with Crippen LogP contribution in [0.25, 0.3) is 16.7 Å². The Morgan fingerprint density at radius 2 is 1.71 bits per heavy atom. The van der Waals surface area contributed by atoms with Crippen molar-refractivity contribution < 1.29 is 14.0 Å². The lowest BCUT2D eigenvalue weighted by molar-refractivity contribution is -0.129. The third-order valence-electron chi connectivity index (χ3n) is 8.39. The van der Waals surface area contributed by atoms with Crippen molar-refractivity contribution in [3.05, 3.63) is 90.0 Å². The predicted molar refractivity (Wildman–Crippen MR) is 169 cm³/mol. The molecule has 2 aromatic carbocycles. The van der Waals surface area contributed by atoms with E-state index in [1.807, 2.05) is 54.6 Å². The monoisotopic (exact) mass is 585 g/mol. The Morgan fingerprint density at radius 3 is 2.36 bits per heavy atom. The molecule has 2 aromatic heterocycles. The Hall–Kier alpha value is -4.15. The van der Waals surface area contributed by atoms with Crippen molar-refractivity contribution in [1.82, 2.24) is 19.0 Å². The predicted octanol–water partition coefficient (Wildman–Crippen LogP) is 5.91. The van der Waals surface area contributed by atoms with Crippen LogP contribution in [-0.2, 0) is 9.22 Å². The van der Waals surface area contributed by atoms with Crippen molar-refractivity contribution in [3.8, 4) is 17.2 Å². The van der Waals surface area contributed by atoms with Crippen molar-refractivity contribution in [2.45, 2.75) is 57.5 Å². The van der Waals surface area contributed by atoms with E-state index in [1.165, 1.54) is 6.08 Å². The summed E-state index contributed by atoms with van der Waals surface area (Å²) in [7, 11) is -2.15. The van der Waals surface area contributed by atoms with E-state index in [0.717, 1.165) is 5.75 Å². The van der Waals surface area contributed by atoms with E-state index in [2.05, 4.69) is 45.4 Å². The van der Waals surface area contributed by atoms with Crippen LogP contribution < -0.4 is 16.2 Å². The van der Waals surface area contributed by atoms with E-state index in [-0.39, 0.29) is 34.6 Å². The number of fused-ring (bicyclic) bond motifs is 1. The van der Waals surface area contributed by atoms with Crippen molar-refractivity contribution in [2.75, 3.05) is 18.8 Å². The highest BCUT2D eigenvalue weighted by Gasteiger charge is 2.42. The van der Waals surface area contributed by atoms with Gasteiger partial charge in [-0.2, -0.15) is 0 Å². The van der Waals surface area contributed by atoms with Crippen LogP contribution in [-0.4, -0.2) is 52.4 Å². The quantitative estimate of drug-likeness (QED) is 0.214. The molecule has 1 saturated heterocycles. The van der Waals surface area contributed by atoms with Crippen LogP contribution >= 0.6 is 0 Å². The molecule has 1 fully saturated rings. The number of nitrogens with zero attached hydrogens (tertiary/aromatic N) is 4. The van der Waals surface area contributed by atoms with Crippen LogP contribution in [0.1, 0.15) is 33.2 Å². The van der Waals surface area contributed by atoms with Crippen LogP contribution in [0.5, 0.6) is 11.5 Å². The molecule has 0 bridgehead atoms. The minimum atomic E-state index is -2.15. The van der Waals surface area contributed by atoms with Crippen LogP contribution in [0.2, 0.25) is 18.1 Å². The first-order valence-corrected chi connectivity index (χ1v) is 17.1. The number of imidazole rings is 1. The van der Waals surface area contributed by atoms with Gasteiger partial charge in [0.05, 0.1) is 23.3 Å². The molecule has 1 amide bonds. The summed E-state index contributed by atoms with van der Waals surface area (Å²) in [4.78, 5) is 33.2. The van der Waals surface area contributed by atoms with Gasteiger partial charge in [-0.3, -0.25) is 13.9 Å². The number of amides is 1. The maximum Gasteiger partial charge on any atom is 0.334 e. The van der Waals surface area contributed by atoms with Gasteiger partial charge in [0.15, 0.2) is 8.32 Å². The highest BCUT2D eigenvalue weighted by atomic mass is 28.4. The second kappa shape index (κ2) is 11.3. The van der Waals surface area contributed by atoms with Gasteiger partial charge in [-0.15, -0.1) is 0 Å². The Kier molecular flexibility index (Phi) is 7.87. The standard InChI is InChI=1S/C32H39N5O4Si/c1-7-28(38)35-20-23(19-26(21-35)41-42(5,6)32(2,3)4)36-27-17-18-34-30(33)29(27)37(31(36)39)22-13-15-25(16-14-22)40-24-11-9-8-10-12-24/h7-18,23,26H,1,19-21H2,2-6H3,(H2,33,34)/t23-,26+/m0/s1. The average Bonchev–Trinajstić information content (AvgIpc) is 3.25. The summed E-state index contributed by atoms with van der Waals surface area (Å²) in [6.45, 7) is 15.5. The van der Waals surface area contributed by atoms with Gasteiger partial charge in [-0.25, -0.2) is 9.78 Å². The smallest absolute Gasteiger partial charge is 0.334 e. The molecule has 10 heteroatoms. The fourth-order valence-electron chi connectivity index (χ4n) is 5.27. The van der Waals surface area contributed by atoms with Crippen LogP contribution in [0.3, 0.4) is 0 Å². The molecule has 0 unspecified atom stereocenters. The van der Waals surface area contributed by atoms with Gasteiger partial charge >= 0.3 is 5.69 Å². The number of hydrogen-bond acceptors (Lipinski definition) is 6. The molecule has 1 aliphatic rings. The number of para-hydroxylation sites is 1. The Labute approximate surface area is 247 Å². The number of likely N-dealkylation sites (tertiary alicyclic amines) is 1. The first-order chi connectivity index (χ1) is 19.9. The number of anilines is 1. The molecule has 9 nitrogen and oxygen atoms in total. The maximum absolute atomic E-state index is 14.3. The van der Waals surface area contributed by atoms with E-state index in [4.69, 9.17) is 14.9 Å². The number of nitrogens with two attached hydrogens (primary N) is 1. The number of hydrogen-bond donors (Lipinski definition) is 1. The van der Waals surface area contributed by atoms with Crippen LogP contribution in [0, 0.1) is 0 Å². The van der Waals surface area contributed by atoms with Gasteiger partial charge < -0.3 is 19.8 Å². The second-order valence-electron chi connectivity index (χ2n) is 12.3. The highest BCUT2D eigenvalue weighted by Crippen LogP contribution is 2.39. The Bertz CT molecular complexity index is 1650. The molecular weight excluding hydrogens is 546 g/mol. The Balaban J connectivity index is 1.56. The van der Waals surface area contributed by atoms with Crippen molar-refractivity contribution in [3.63, 3.8) is 0 Å². The lowest BCUT2D eigenvalue weighted by Crippen LogP contribution is -2.53. The first-order valence-electron chi connectivity index (χ1n) is 14.2. The average molecular weight is 586 g/mol. The molecule has 0 spiro atoms. The minimum absolute atomic E-state index is 0.00338. The molecule has 3 heterocycles. The lowest BCUT2D eigenvalue weighted by atomic mass is 10.0. The number of carbonyl (C=O) groups excluding carboxylic acids is 1. The number of ether oxygens (including phenoxy) is 1. The van der Waals surface area contributed by atoms with Crippen LogP contribution in [0.4, 0.5) is 5.82 Å². The molecule has 0 aliphatic carbocycles. The van der Waals surface area contributed by atoms with Gasteiger partial charge in [0.2, 0.25) is 5.91 Å². The Morgan fingerprint density at radius 1 is 1.05 bits per heavy atom. The molecule has 0 saturated carbocycles. The number of nitrogen functional groups attached to an aromatic ring is 1. The molecule has 5 rings (SSSR count). The number of benzene rings is 2. The summed E-state index contributed by atoms with van der Waals surface area (Å²) < 4.78 is 16.1. The van der Waals surface area contributed by atoms with E-state index >= 15 is 0 Å².